The van der Waals surface area contributed by atoms with E-state index in [0.717, 1.165) is 11.1 Å². The molecule has 7 nitrogen and oxygen atoms in total. The van der Waals surface area contributed by atoms with Crippen LogP contribution in [0.15, 0.2) is 65.8 Å². The van der Waals surface area contributed by atoms with Gasteiger partial charge in [-0.2, -0.15) is 13.2 Å². The first-order valence-corrected chi connectivity index (χ1v) is 11.7. The Balaban J connectivity index is 1.48. The monoisotopic (exact) mass is 521 g/mol. The number of nitrogens with one attached hydrogen (secondary N) is 1. The minimum absolute atomic E-state index is 0.0428. The van der Waals surface area contributed by atoms with E-state index in [2.05, 4.69) is 15.3 Å². The molecular formula is C23H19ClF3N5O2S. The lowest BCUT2D eigenvalue weighted by Crippen LogP contribution is -2.30. The zero-order valence-electron chi connectivity index (χ0n) is 18.1. The third-order valence-electron chi connectivity index (χ3n) is 5.33. The summed E-state index contributed by atoms with van der Waals surface area (Å²) in [5, 5.41) is 15.5. The summed E-state index contributed by atoms with van der Waals surface area (Å²) in [7, 11) is 0. The summed E-state index contributed by atoms with van der Waals surface area (Å²) in [5.74, 6) is 0.247. The summed E-state index contributed by atoms with van der Waals surface area (Å²) in [4.78, 5) is 21.5. The van der Waals surface area contributed by atoms with E-state index < -0.39 is 10.4 Å². The van der Waals surface area contributed by atoms with Gasteiger partial charge in [-0.15, -0.1) is 0 Å². The van der Waals surface area contributed by atoms with Crippen LogP contribution in [0, 0.1) is 10.1 Å². The molecule has 1 N–H and O–H groups in total. The summed E-state index contributed by atoms with van der Waals surface area (Å²) in [6.07, 6.45) is 3.94. The molecule has 182 valence electrons. The Morgan fingerprint density at radius 3 is 2.43 bits per heavy atom. The van der Waals surface area contributed by atoms with Gasteiger partial charge in [0.2, 0.25) is 11.6 Å². The molecule has 12 heteroatoms. The van der Waals surface area contributed by atoms with Crippen molar-refractivity contribution in [2.24, 2.45) is 0 Å². The number of aromatic nitrogens is 2. The van der Waals surface area contributed by atoms with Gasteiger partial charge in [-0.25, -0.2) is 9.97 Å². The zero-order chi connectivity index (χ0) is 25.0. The normalized spacial score (nSPS) is 13.9. The molecule has 4 rings (SSSR count). The van der Waals surface area contributed by atoms with Crippen LogP contribution in [0.25, 0.3) is 5.57 Å². The van der Waals surface area contributed by atoms with Crippen molar-refractivity contribution < 1.29 is 18.1 Å². The average molecular weight is 522 g/mol. The van der Waals surface area contributed by atoms with E-state index in [1.807, 2.05) is 35.2 Å². The first kappa shape index (κ1) is 24.8. The van der Waals surface area contributed by atoms with Crippen molar-refractivity contribution >= 4 is 46.3 Å². The molecule has 0 saturated heterocycles. The number of rotatable bonds is 7. The van der Waals surface area contributed by atoms with Gasteiger partial charge < -0.3 is 10.2 Å². The van der Waals surface area contributed by atoms with Crippen molar-refractivity contribution in [2.75, 3.05) is 23.3 Å². The molecule has 0 amide bonds. The second-order valence-corrected chi connectivity index (χ2v) is 9.20. The number of nitrogens with zero attached hydrogens (tertiary/aromatic N) is 4. The van der Waals surface area contributed by atoms with E-state index in [4.69, 9.17) is 11.6 Å². The maximum absolute atomic E-state index is 12.5. The molecule has 0 aliphatic carbocycles. The van der Waals surface area contributed by atoms with Crippen LogP contribution in [0.2, 0.25) is 5.02 Å². The maximum Gasteiger partial charge on any atom is 0.446 e. The van der Waals surface area contributed by atoms with Crippen molar-refractivity contribution in [2.45, 2.75) is 23.4 Å². The lowest BCUT2D eigenvalue weighted by atomic mass is 9.99. The summed E-state index contributed by atoms with van der Waals surface area (Å²) >= 11 is 5.76. The average Bonchev–Trinajstić information content (AvgIpc) is 2.83. The number of anilines is 2. The third kappa shape index (κ3) is 6.43. The molecule has 0 atom stereocenters. The lowest BCUT2D eigenvalue weighted by molar-refractivity contribution is -0.383. The zero-order valence-corrected chi connectivity index (χ0v) is 19.7. The van der Waals surface area contributed by atoms with Crippen molar-refractivity contribution in [1.29, 1.82) is 0 Å². The largest absolute Gasteiger partial charge is 0.446 e. The van der Waals surface area contributed by atoms with Gasteiger partial charge in [0.05, 0.1) is 4.92 Å². The molecule has 0 fully saturated rings. The fourth-order valence-corrected chi connectivity index (χ4v) is 4.35. The Labute approximate surface area is 208 Å². The Morgan fingerprint density at radius 1 is 1.11 bits per heavy atom. The van der Waals surface area contributed by atoms with Crippen molar-refractivity contribution in [3.63, 3.8) is 0 Å². The first-order valence-electron chi connectivity index (χ1n) is 10.5. The molecule has 0 spiro atoms. The highest BCUT2D eigenvalue weighted by atomic mass is 35.5. The van der Waals surface area contributed by atoms with Gasteiger partial charge >= 0.3 is 11.2 Å². The molecule has 3 aromatic rings. The number of hydrogen-bond acceptors (Lipinski definition) is 7. The molecule has 1 aromatic heterocycles. The van der Waals surface area contributed by atoms with E-state index in [-0.39, 0.29) is 40.5 Å². The molecular weight excluding hydrogens is 503 g/mol. The molecule has 0 saturated carbocycles. The molecule has 1 aliphatic rings. The van der Waals surface area contributed by atoms with Crippen molar-refractivity contribution in [3.05, 3.63) is 87.2 Å². The van der Waals surface area contributed by atoms with Crippen LogP contribution in [-0.4, -0.2) is 33.5 Å². The minimum atomic E-state index is -4.36. The van der Waals surface area contributed by atoms with E-state index in [1.54, 1.807) is 0 Å². The second-order valence-electron chi connectivity index (χ2n) is 7.63. The van der Waals surface area contributed by atoms with Crippen LogP contribution in [0.3, 0.4) is 0 Å². The van der Waals surface area contributed by atoms with Gasteiger partial charge in [-0.1, -0.05) is 41.9 Å². The smallest absolute Gasteiger partial charge is 0.360 e. The topological polar surface area (TPSA) is 84.2 Å². The summed E-state index contributed by atoms with van der Waals surface area (Å²) in [6.45, 7) is 1.12. The van der Waals surface area contributed by atoms with E-state index in [1.165, 1.54) is 30.6 Å². The van der Waals surface area contributed by atoms with Gasteiger partial charge in [0.1, 0.15) is 6.33 Å². The standard InChI is InChI=1S/C23H19ClF3N5O2S/c24-18-5-3-16(4-6-18)17-9-11-31(12-10-17)22-20(32(33)34)21(29-14-30-22)28-13-15-1-7-19(8-2-15)35-23(25,26)27/h1-9,14H,10-13H2,(H,28,29,30). The highest BCUT2D eigenvalue weighted by Gasteiger charge is 2.29. The lowest BCUT2D eigenvalue weighted by Gasteiger charge is -2.27. The van der Waals surface area contributed by atoms with Crippen LogP contribution in [-0.2, 0) is 6.54 Å². The summed E-state index contributed by atoms with van der Waals surface area (Å²) in [6, 6.07) is 13.3. The highest BCUT2D eigenvalue weighted by Crippen LogP contribution is 2.37. The fraction of sp³-hybridized carbons (Fsp3) is 0.217. The second kappa shape index (κ2) is 10.5. The number of benzene rings is 2. The van der Waals surface area contributed by atoms with Gasteiger partial charge in [0.15, 0.2) is 0 Å². The van der Waals surface area contributed by atoms with Crippen molar-refractivity contribution in [3.8, 4) is 0 Å². The molecule has 0 radical (unpaired) electrons. The van der Waals surface area contributed by atoms with Gasteiger partial charge in [-0.3, -0.25) is 10.1 Å². The number of alkyl halides is 3. The Hall–Kier alpha value is -3.31. The van der Waals surface area contributed by atoms with Crippen LogP contribution < -0.4 is 10.2 Å². The quantitative estimate of drug-likeness (QED) is 0.214. The van der Waals surface area contributed by atoms with Crippen LogP contribution >= 0.6 is 23.4 Å². The Morgan fingerprint density at radius 2 is 1.83 bits per heavy atom. The highest BCUT2D eigenvalue weighted by molar-refractivity contribution is 8.00. The SMILES string of the molecule is O=[N+]([O-])c1c(NCc2ccc(SC(F)(F)F)cc2)ncnc1N1CC=C(c2ccc(Cl)cc2)CC1. The summed E-state index contributed by atoms with van der Waals surface area (Å²) < 4.78 is 37.5. The van der Waals surface area contributed by atoms with Crippen molar-refractivity contribution in [1.82, 2.24) is 9.97 Å². The fourth-order valence-electron chi connectivity index (χ4n) is 3.68. The predicted molar refractivity (Wildman–Crippen MR) is 131 cm³/mol. The van der Waals surface area contributed by atoms with Gasteiger partial charge in [0.25, 0.3) is 0 Å². The molecule has 0 bridgehead atoms. The Kier molecular flexibility index (Phi) is 7.46. The van der Waals surface area contributed by atoms with E-state index in [9.17, 15) is 23.3 Å². The van der Waals surface area contributed by atoms with Gasteiger partial charge in [-0.05, 0) is 59.1 Å². The molecule has 2 aromatic carbocycles. The van der Waals surface area contributed by atoms with Crippen LogP contribution in [0.5, 0.6) is 0 Å². The molecule has 0 unspecified atom stereocenters. The maximum atomic E-state index is 12.5. The minimum Gasteiger partial charge on any atom is -0.360 e. The first-order chi connectivity index (χ1) is 16.7. The van der Waals surface area contributed by atoms with Crippen LogP contribution in [0.1, 0.15) is 17.5 Å². The third-order valence-corrected chi connectivity index (χ3v) is 6.32. The van der Waals surface area contributed by atoms with Gasteiger partial charge in [0, 0.05) is 29.6 Å². The summed E-state index contributed by atoms with van der Waals surface area (Å²) in [5.41, 5.74) is -1.79. The number of thioether (sulfide) groups is 1. The van der Waals surface area contributed by atoms with E-state index in [0.29, 0.717) is 30.1 Å². The number of hydrogen-bond donors (Lipinski definition) is 1. The predicted octanol–water partition coefficient (Wildman–Crippen LogP) is 6.56. The number of halogens is 4. The molecule has 2 heterocycles. The molecule has 1 aliphatic heterocycles. The van der Waals surface area contributed by atoms with E-state index >= 15 is 0 Å². The number of nitro groups is 1. The Bertz CT molecular complexity index is 1240. The van der Waals surface area contributed by atoms with Crippen LogP contribution in [0.4, 0.5) is 30.5 Å². The molecule has 35 heavy (non-hydrogen) atoms.